The molecule has 0 bridgehead atoms. The molecule has 3 nitrogen and oxygen atoms in total. The number of benzene rings is 1. The van der Waals surface area contributed by atoms with Crippen molar-refractivity contribution in [1.82, 2.24) is 5.32 Å². The van der Waals surface area contributed by atoms with Crippen LogP contribution in [0.25, 0.3) is 0 Å². The maximum absolute atomic E-state index is 11.8. The van der Waals surface area contributed by atoms with Crippen molar-refractivity contribution in [2.75, 3.05) is 11.9 Å². The monoisotopic (exact) mass is 236 g/mol. The smallest absolute Gasteiger partial charge is 0.233 e. The van der Waals surface area contributed by atoms with Crippen LogP contribution in [0, 0.1) is 0 Å². The maximum atomic E-state index is 11.8. The number of carbonyl (C=O) groups excluding carboxylic acids is 1. The number of fused-ring (bicyclic) bond motifs is 1. The van der Waals surface area contributed by atoms with E-state index >= 15 is 0 Å². The van der Waals surface area contributed by atoms with E-state index in [1.807, 2.05) is 18.2 Å². The van der Waals surface area contributed by atoms with Crippen LogP contribution >= 0.6 is 11.6 Å². The van der Waals surface area contributed by atoms with Gasteiger partial charge in [-0.1, -0.05) is 17.7 Å². The van der Waals surface area contributed by atoms with Gasteiger partial charge in [-0.15, -0.1) is 0 Å². The third kappa shape index (κ3) is 1.70. The fourth-order valence-electron chi connectivity index (χ4n) is 2.12. The number of hydrogen-bond acceptors (Lipinski definition) is 2. The molecule has 1 heterocycles. The molecular weight excluding hydrogens is 224 g/mol. The molecule has 16 heavy (non-hydrogen) atoms. The second-order valence-corrected chi connectivity index (χ2v) is 4.83. The van der Waals surface area contributed by atoms with Gasteiger partial charge >= 0.3 is 0 Å². The van der Waals surface area contributed by atoms with Crippen LogP contribution in [-0.2, 0) is 4.79 Å². The average molecular weight is 237 g/mol. The zero-order valence-corrected chi connectivity index (χ0v) is 9.55. The molecule has 0 aromatic heterocycles. The molecule has 1 aliphatic heterocycles. The van der Waals surface area contributed by atoms with Gasteiger partial charge < -0.3 is 10.6 Å². The lowest BCUT2D eigenvalue weighted by Crippen LogP contribution is -2.27. The molecule has 1 unspecified atom stereocenters. The summed E-state index contributed by atoms with van der Waals surface area (Å²) in [6, 6.07) is 6.21. The summed E-state index contributed by atoms with van der Waals surface area (Å²) >= 11 is 6.14. The lowest BCUT2D eigenvalue weighted by Gasteiger charge is -2.10. The Bertz CT molecular complexity index is 443. The minimum absolute atomic E-state index is 0.0521. The van der Waals surface area contributed by atoms with Crippen LogP contribution in [0.2, 0.25) is 5.02 Å². The second kappa shape index (κ2) is 3.75. The van der Waals surface area contributed by atoms with Crippen molar-refractivity contribution in [1.29, 1.82) is 0 Å². The highest BCUT2D eigenvalue weighted by molar-refractivity contribution is 6.32. The number of amides is 1. The van der Waals surface area contributed by atoms with Gasteiger partial charge in [-0.3, -0.25) is 4.79 Å². The largest absolute Gasteiger partial charge is 0.325 e. The number of halogens is 1. The summed E-state index contributed by atoms with van der Waals surface area (Å²) in [5.41, 5.74) is 1.81. The van der Waals surface area contributed by atoms with E-state index in [2.05, 4.69) is 10.6 Å². The Hall–Kier alpha value is -1.06. The first kappa shape index (κ1) is 10.1. The lowest BCUT2D eigenvalue weighted by atomic mass is 10.0. The van der Waals surface area contributed by atoms with E-state index in [1.54, 1.807) is 0 Å². The predicted octanol–water partition coefficient (Wildman–Crippen LogP) is 2.13. The molecule has 0 radical (unpaired) electrons. The van der Waals surface area contributed by atoms with E-state index < -0.39 is 0 Å². The van der Waals surface area contributed by atoms with Gasteiger partial charge in [0.05, 0.1) is 5.92 Å². The molecule has 1 fully saturated rings. The zero-order valence-electron chi connectivity index (χ0n) is 8.79. The number of anilines is 1. The quantitative estimate of drug-likeness (QED) is 0.844. The third-order valence-corrected chi connectivity index (χ3v) is 3.49. The third-order valence-electron chi connectivity index (χ3n) is 3.16. The Balaban J connectivity index is 1.85. The van der Waals surface area contributed by atoms with Gasteiger partial charge in [0, 0.05) is 28.9 Å². The number of hydrogen-bond donors (Lipinski definition) is 2. The minimum Gasteiger partial charge on any atom is -0.325 e. The molecule has 1 aromatic carbocycles. The van der Waals surface area contributed by atoms with E-state index in [0.29, 0.717) is 17.6 Å². The van der Waals surface area contributed by atoms with Gasteiger partial charge in [-0.05, 0) is 25.0 Å². The summed E-state index contributed by atoms with van der Waals surface area (Å²) in [6.07, 6.45) is 2.45. The topological polar surface area (TPSA) is 41.1 Å². The molecule has 84 valence electrons. The molecule has 4 heteroatoms. The Morgan fingerprint density at radius 1 is 1.44 bits per heavy atom. The Kier molecular flexibility index (Phi) is 2.37. The Labute approximate surface area is 99.2 Å². The van der Waals surface area contributed by atoms with Crippen LogP contribution in [0.1, 0.15) is 24.3 Å². The Morgan fingerprint density at radius 2 is 2.25 bits per heavy atom. The van der Waals surface area contributed by atoms with E-state index in [4.69, 9.17) is 11.6 Å². The second-order valence-electron chi connectivity index (χ2n) is 4.43. The molecule has 1 saturated carbocycles. The first-order valence-electron chi connectivity index (χ1n) is 5.58. The van der Waals surface area contributed by atoms with Gasteiger partial charge in [0.1, 0.15) is 0 Å². The molecule has 1 atom stereocenters. The standard InChI is InChI=1S/C12H13ClN2O/c13-9-2-1-3-10-11(9)8(12(16)15-10)6-14-7-4-5-7/h1-3,7-8,14H,4-6H2,(H,15,16). The average Bonchev–Trinajstić information content (AvgIpc) is 3.00. The minimum atomic E-state index is -0.135. The molecule has 3 rings (SSSR count). The molecule has 1 aromatic rings. The highest BCUT2D eigenvalue weighted by atomic mass is 35.5. The highest BCUT2D eigenvalue weighted by Crippen LogP contribution is 2.37. The molecule has 1 amide bonds. The fraction of sp³-hybridized carbons (Fsp3) is 0.417. The van der Waals surface area contributed by atoms with Crippen LogP contribution in [-0.4, -0.2) is 18.5 Å². The lowest BCUT2D eigenvalue weighted by molar-refractivity contribution is -0.116. The molecule has 2 aliphatic rings. The first-order chi connectivity index (χ1) is 7.75. The zero-order chi connectivity index (χ0) is 11.1. The summed E-state index contributed by atoms with van der Waals surface area (Å²) in [7, 11) is 0. The van der Waals surface area contributed by atoms with Crippen molar-refractivity contribution >= 4 is 23.2 Å². The van der Waals surface area contributed by atoms with Crippen LogP contribution in [0.3, 0.4) is 0 Å². The van der Waals surface area contributed by atoms with Gasteiger partial charge in [0.2, 0.25) is 5.91 Å². The SMILES string of the molecule is O=C1Nc2cccc(Cl)c2C1CNC1CC1. The van der Waals surface area contributed by atoms with Crippen LogP contribution in [0.4, 0.5) is 5.69 Å². The molecule has 0 spiro atoms. The summed E-state index contributed by atoms with van der Waals surface area (Å²) < 4.78 is 0. The first-order valence-corrected chi connectivity index (χ1v) is 5.96. The van der Waals surface area contributed by atoms with E-state index in [0.717, 1.165) is 11.3 Å². The van der Waals surface area contributed by atoms with E-state index in [-0.39, 0.29) is 11.8 Å². The molecular formula is C12H13ClN2O. The maximum Gasteiger partial charge on any atom is 0.233 e. The van der Waals surface area contributed by atoms with E-state index in [9.17, 15) is 4.79 Å². The molecule has 2 N–H and O–H groups in total. The van der Waals surface area contributed by atoms with E-state index in [1.165, 1.54) is 12.8 Å². The van der Waals surface area contributed by atoms with Crippen molar-refractivity contribution in [3.8, 4) is 0 Å². The summed E-state index contributed by atoms with van der Waals surface area (Å²) in [5.74, 6) is -0.0828. The number of carbonyl (C=O) groups is 1. The van der Waals surface area contributed by atoms with Crippen molar-refractivity contribution in [2.45, 2.75) is 24.8 Å². The summed E-state index contributed by atoms with van der Waals surface area (Å²) in [4.78, 5) is 11.8. The van der Waals surface area contributed by atoms with Gasteiger partial charge in [-0.2, -0.15) is 0 Å². The highest BCUT2D eigenvalue weighted by Gasteiger charge is 2.33. The Morgan fingerprint density at radius 3 is 3.00 bits per heavy atom. The van der Waals surface area contributed by atoms with Crippen LogP contribution in [0.5, 0.6) is 0 Å². The summed E-state index contributed by atoms with van der Waals surface area (Å²) in [6.45, 7) is 0.688. The van der Waals surface area contributed by atoms with Crippen molar-refractivity contribution in [3.63, 3.8) is 0 Å². The van der Waals surface area contributed by atoms with Crippen molar-refractivity contribution < 1.29 is 4.79 Å². The fourth-order valence-corrected chi connectivity index (χ4v) is 2.42. The normalized spacial score (nSPS) is 23.1. The predicted molar refractivity (Wildman–Crippen MR) is 63.8 cm³/mol. The number of nitrogens with one attached hydrogen (secondary N) is 2. The molecule has 1 aliphatic carbocycles. The van der Waals surface area contributed by atoms with Crippen molar-refractivity contribution in [2.24, 2.45) is 0 Å². The van der Waals surface area contributed by atoms with Crippen LogP contribution < -0.4 is 10.6 Å². The van der Waals surface area contributed by atoms with Crippen molar-refractivity contribution in [3.05, 3.63) is 28.8 Å². The van der Waals surface area contributed by atoms with Gasteiger partial charge in [0.25, 0.3) is 0 Å². The van der Waals surface area contributed by atoms with Gasteiger partial charge in [-0.25, -0.2) is 0 Å². The number of rotatable bonds is 3. The molecule has 0 saturated heterocycles. The summed E-state index contributed by atoms with van der Waals surface area (Å²) in [5, 5.41) is 6.93. The van der Waals surface area contributed by atoms with Crippen LogP contribution in [0.15, 0.2) is 18.2 Å². The van der Waals surface area contributed by atoms with Gasteiger partial charge in [0.15, 0.2) is 0 Å².